The second kappa shape index (κ2) is 9.44. The smallest absolute Gasteiger partial charge is 0.221 e. The zero-order valence-electron chi connectivity index (χ0n) is 8.01. The van der Waals surface area contributed by atoms with Crippen LogP contribution in [-0.2, 0) is 9.53 Å². The Morgan fingerprint density at radius 3 is 2.77 bits per heavy atom. The molecule has 0 bridgehead atoms. The molecule has 13 heavy (non-hydrogen) atoms. The Hall–Kier alpha value is -0.650. The van der Waals surface area contributed by atoms with Crippen LogP contribution in [0.5, 0.6) is 0 Å². The molecule has 0 spiro atoms. The van der Waals surface area contributed by atoms with Crippen molar-refractivity contribution in [2.45, 2.75) is 6.42 Å². The molecule has 78 valence electrons. The summed E-state index contributed by atoms with van der Waals surface area (Å²) in [5, 5.41) is 13.9. The maximum atomic E-state index is 11.0. The van der Waals surface area contributed by atoms with Crippen molar-refractivity contribution in [1.29, 1.82) is 0 Å². The molecule has 0 fully saturated rings. The van der Waals surface area contributed by atoms with Crippen LogP contribution in [0.15, 0.2) is 0 Å². The number of rotatable bonds is 8. The Bertz CT molecular complexity index is 131. The highest BCUT2D eigenvalue weighted by molar-refractivity contribution is 5.75. The number of aliphatic hydroxyl groups excluding tert-OH is 1. The van der Waals surface area contributed by atoms with Gasteiger partial charge in [-0.25, -0.2) is 0 Å². The Labute approximate surface area is 78.5 Å². The highest BCUT2D eigenvalue weighted by Gasteiger charge is 1.97. The molecule has 0 aliphatic carbocycles. The molecule has 0 aromatic rings. The molecule has 5 nitrogen and oxygen atoms in total. The Morgan fingerprint density at radius 2 is 2.15 bits per heavy atom. The third kappa shape index (κ3) is 9.26. The van der Waals surface area contributed by atoms with E-state index in [-0.39, 0.29) is 12.5 Å². The number of carbonyl (C=O) groups is 1. The summed E-state index contributed by atoms with van der Waals surface area (Å²) in [6.45, 7) is 1.98. The van der Waals surface area contributed by atoms with Gasteiger partial charge < -0.3 is 20.5 Å². The van der Waals surface area contributed by atoms with Gasteiger partial charge in [0, 0.05) is 19.5 Å². The number of aliphatic hydroxyl groups is 1. The first-order chi connectivity index (χ1) is 6.31. The van der Waals surface area contributed by atoms with Crippen molar-refractivity contribution in [2.24, 2.45) is 0 Å². The SMILES string of the molecule is CNCCC(=O)NCCOCCO. The molecule has 3 N–H and O–H groups in total. The lowest BCUT2D eigenvalue weighted by molar-refractivity contribution is -0.121. The summed E-state index contributed by atoms with van der Waals surface area (Å²) in [4.78, 5) is 11.0. The van der Waals surface area contributed by atoms with Gasteiger partial charge in [0.25, 0.3) is 0 Å². The van der Waals surface area contributed by atoms with Gasteiger partial charge in [-0.05, 0) is 7.05 Å². The van der Waals surface area contributed by atoms with E-state index in [2.05, 4.69) is 10.6 Å². The monoisotopic (exact) mass is 190 g/mol. The van der Waals surface area contributed by atoms with Crippen molar-refractivity contribution >= 4 is 5.91 Å². The van der Waals surface area contributed by atoms with Crippen LogP contribution in [-0.4, -0.2) is 51.0 Å². The minimum atomic E-state index is 0.0157. The fraction of sp³-hybridized carbons (Fsp3) is 0.875. The third-order valence-electron chi connectivity index (χ3n) is 1.41. The predicted molar refractivity (Wildman–Crippen MR) is 49.5 cm³/mol. The maximum absolute atomic E-state index is 11.0. The molecule has 0 rings (SSSR count). The van der Waals surface area contributed by atoms with E-state index in [9.17, 15) is 4.79 Å². The van der Waals surface area contributed by atoms with Crippen LogP contribution in [0.25, 0.3) is 0 Å². The summed E-state index contributed by atoms with van der Waals surface area (Å²) in [7, 11) is 1.80. The number of hydrogen-bond donors (Lipinski definition) is 3. The van der Waals surface area contributed by atoms with E-state index < -0.39 is 0 Å². The van der Waals surface area contributed by atoms with E-state index >= 15 is 0 Å². The Morgan fingerprint density at radius 1 is 1.38 bits per heavy atom. The molecule has 5 heteroatoms. The van der Waals surface area contributed by atoms with Crippen molar-refractivity contribution in [3.05, 3.63) is 0 Å². The summed E-state index contributed by atoms with van der Waals surface area (Å²) < 4.78 is 4.96. The van der Waals surface area contributed by atoms with Gasteiger partial charge in [0.05, 0.1) is 19.8 Å². The molecule has 0 atom stereocenters. The second-order valence-corrected chi connectivity index (χ2v) is 2.54. The molecule has 0 aromatic heterocycles. The fourth-order valence-corrected chi connectivity index (χ4v) is 0.756. The lowest BCUT2D eigenvalue weighted by Gasteiger charge is -2.04. The van der Waals surface area contributed by atoms with Crippen molar-refractivity contribution in [1.82, 2.24) is 10.6 Å². The van der Waals surface area contributed by atoms with Crippen LogP contribution in [0, 0.1) is 0 Å². The van der Waals surface area contributed by atoms with Crippen molar-refractivity contribution in [3.8, 4) is 0 Å². The topological polar surface area (TPSA) is 70.6 Å². The van der Waals surface area contributed by atoms with Gasteiger partial charge >= 0.3 is 0 Å². The van der Waals surface area contributed by atoms with Crippen LogP contribution >= 0.6 is 0 Å². The number of ether oxygens (including phenoxy) is 1. The van der Waals surface area contributed by atoms with Crippen LogP contribution in [0.1, 0.15) is 6.42 Å². The number of amides is 1. The number of carbonyl (C=O) groups excluding carboxylic acids is 1. The highest BCUT2D eigenvalue weighted by Crippen LogP contribution is 1.77. The Kier molecular flexibility index (Phi) is 8.97. The predicted octanol–water partition coefficient (Wildman–Crippen LogP) is -1.28. The van der Waals surface area contributed by atoms with Crippen molar-refractivity contribution in [2.75, 3.05) is 40.0 Å². The standard InChI is InChI=1S/C8H18N2O3/c1-9-3-2-8(12)10-4-6-13-7-5-11/h9,11H,2-7H2,1H3,(H,10,12). The quantitative estimate of drug-likeness (QED) is 0.417. The first-order valence-electron chi connectivity index (χ1n) is 4.41. The molecule has 1 amide bonds. The summed E-state index contributed by atoms with van der Waals surface area (Å²) >= 11 is 0. The summed E-state index contributed by atoms with van der Waals surface area (Å²) in [6, 6.07) is 0. The third-order valence-corrected chi connectivity index (χ3v) is 1.41. The number of nitrogens with one attached hydrogen (secondary N) is 2. The van der Waals surface area contributed by atoms with E-state index in [1.807, 2.05) is 0 Å². The van der Waals surface area contributed by atoms with Gasteiger partial charge in [0.2, 0.25) is 5.91 Å². The number of hydrogen-bond acceptors (Lipinski definition) is 4. The first kappa shape index (κ1) is 12.3. The van der Waals surface area contributed by atoms with Gasteiger partial charge in [-0.15, -0.1) is 0 Å². The molecular weight excluding hydrogens is 172 g/mol. The first-order valence-corrected chi connectivity index (χ1v) is 4.41. The zero-order valence-corrected chi connectivity index (χ0v) is 8.01. The second-order valence-electron chi connectivity index (χ2n) is 2.54. The van der Waals surface area contributed by atoms with Gasteiger partial charge in [0.1, 0.15) is 0 Å². The molecule has 0 aromatic carbocycles. The molecule has 0 aliphatic rings. The molecule has 0 radical (unpaired) electrons. The van der Waals surface area contributed by atoms with Crippen LogP contribution in [0.2, 0.25) is 0 Å². The lowest BCUT2D eigenvalue weighted by Crippen LogP contribution is -2.29. The van der Waals surface area contributed by atoms with E-state index in [4.69, 9.17) is 9.84 Å². The zero-order chi connectivity index (χ0) is 9.94. The molecule has 0 unspecified atom stereocenters. The van der Waals surface area contributed by atoms with E-state index in [0.717, 1.165) is 0 Å². The van der Waals surface area contributed by atoms with E-state index in [1.54, 1.807) is 7.05 Å². The molecule has 0 saturated heterocycles. The normalized spacial score (nSPS) is 10.0. The summed E-state index contributed by atoms with van der Waals surface area (Å²) in [6.07, 6.45) is 0.483. The van der Waals surface area contributed by atoms with Crippen LogP contribution in [0.3, 0.4) is 0 Å². The fourth-order valence-electron chi connectivity index (χ4n) is 0.756. The van der Waals surface area contributed by atoms with Gasteiger partial charge in [-0.2, -0.15) is 0 Å². The average molecular weight is 190 g/mol. The summed E-state index contributed by atoms with van der Waals surface area (Å²) in [5.74, 6) is 0.0157. The highest BCUT2D eigenvalue weighted by atomic mass is 16.5. The average Bonchev–Trinajstić information content (AvgIpc) is 2.14. The van der Waals surface area contributed by atoms with Crippen molar-refractivity contribution < 1.29 is 14.6 Å². The van der Waals surface area contributed by atoms with E-state index in [0.29, 0.717) is 32.7 Å². The van der Waals surface area contributed by atoms with Crippen molar-refractivity contribution in [3.63, 3.8) is 0 Å². The van der Waals surface area contributed by atoms with Crippen LogP contribution in [0.4, 0.5) is 0 Å². The van der Waals surface area contributed by atoms with Gasteiger partial charge in [0.15, 0.2) is 0 Å². The van der Waals surface area contributed by atoms with Gasteiger partial charge in [-0.1, -0.05) is 0 Å². The minimum absolute atomic E-state index is 0.0157. The lowest BCUT2D eigenvalue weighted by atomic mass is 10.4. The molecule has 0 heterocycles. The molecular formula is C8H18N2O3. The molecule has 0 aliphatic heterocycles. The van der Waals surface area contributed by atoms with Crippen LogP contribution < -0.4 is 10.6 Å². The Balaban J connectivity index is 3.08. The largest absolute Gasteiger partial charge is 0.394 e. The van der Waals surface area contributed by atoms with E-state index in [1.165, 1.54) is 0 Å². The maximum Gasteiger partial charge on any atom is 0.221 e. The minimum Gasteiger partial charge on any atom is -0.394 e. The summed E-state index contributed by atoms with van der Waals surface area (Å²) in [5.41, 5.74) is 0. The van der Waals surface area contributed by atoms with Gasteiger partial charge in [-0.3, -0.25) is 4.79 Å². The molecule has 0 saturated carbocycles.